The second-order valence-electron chi connectivity index (χ2n) is 10.5. The molecule has 3 aromatic carbocycles. The smallest absolute Gasteiger partial charge is 0.303 e. The third kappa shape index (κ3) is 7.58. The fourth-order valence-corrected chi connectivity index (χ4v) is 4.92. The maximum absolute atomic E-state index is 15.0. The molecule has 39 heavy (non-hydrogen) atoms. The third-order valence-electron chi connectivity index (χ3n) is 7.01. The fraction of sp³-hybridized carbons (Fsp3) is 0.406. The lowest BCUT2D eigenvalue weighted by Crippen LogP contribution is -2.28. The summed E-state index contributed by atoms with van der Waals surface area (Å²) in [6.45, 7) is 5.94. The van der Waals surface area contributed by atoms with Gasteiger partial charge in [0.05, 0.1) is 26.2 Å². The molecule has 0 amide bonds. The lowest BCUT2D eigenvalue weighted by molar-refractivity contribution is -0.137. The highest BCUT2D eigenvalue weighted by Crippen LogP contribution is 2.42. The van der Waals surface area contributed by atoms with E-state index in [-0.39, 0.29) is 25.6 Å². The number of aliphatic carboxylic acids is 1. The first kappa shape index (κ1) is 30.1. The van der Waals surface area contributed by atoms with Crippen molar-refractivity contribution in [2.75, 3.05) is 20.8 Å². The van der Waals surface area contributed by atoms with Gasteiger partial charge in [-0.1, -0.05) is 51.5 Å². The van der Waals surface area contributed by atoms with Crippen LogP contribution in [0.4, 0.5) is 4.39 Å². The SMILES string of the molecule is CCC[C@@H](CC(=O)O)c1cccc(OCc2ccc(-c3cc(OC)ccc3F)c(C(OC)C(C)(C)CO)c2)c1. The molecule has 0 aliphatic heterocycles. The number of benzene rings is 3. The second-order valence-corrected chi connectivity index (χ2v) is 10.5. The van der Waals surface area contributed by atoms with Crippen molar-refractivity contribution in [3.8, 4) is 22.6 Å². The molecular formula is C32H39FO6. The summed E-state index contributed by atoms with van der Waals surface area (Å²) < 4.78 is 32.3. The van der Waals surface area contributed by atoms with Gasteiger partial charge in [0.1, 0.15) is 23.9 Å². The lowest BCUT2D eigenvalue weighted by atomic mass is 9.80. The zero-order chi connectivity index (χ0) is 28.6. The maximum atomic E-state index is 15.0. The number of aliphatic hydroxyl groups is 1. The number of ether oxygens (including phenoxy) is 3. The van der Waals surface area contributed by atoms with Crippen molar-refractivity contribution in [2.45, 2.75) is 58.7 Å². The molecule has 0 saturated carbocycles. The Morgan fingerprint density at radius 2 is 1.77 bits per heavy atom. The van der Waals surface area contributed by atoms with Crippen molar-refractivity contribution in [3.63, 3.8) is 0 Å². The Morgan fingerprint density at radius 3 is 2.41 bits per heavy atom. The Morgan fingerprint density at radius 1 is 1.00 bits per heavy atom. The first-order valence-corrected chi connectivity index (χ1v) is 13.2. The monoisotopic (exact) mass is 538 g/mol. The van der Waals surface area contributed by atoms with Gasteiger partial charge in [0, 0.05) is 18.1 Å². The van der Waals surface area contributed by atoms with Gasteiger partial charge in [-0.2, -0.15) is 0 Å². The molecule has 0 aromatic heterocycles. The average molecular weight is 539 g/mol. The molecule has 7 heteroatoms. The van der Waals surface area contributed by atoms with Gasteiger partial charge in [0.15, 0.2) is 0 Å². The van der Waals surface area contributed by atoms with E-state index in [1.165, 1.54) is 13.2 Å². The number of hydrogen-bond donors (Lipinski definition) is 2. The van der Waals surface area contributed by atoms with Crippen LogP contribution in [0, 0.1) is 11.2 Å². The number of carboxylic acids is 1. The molecule has 0 heterocycles. The van der Waals surface area contributed by atoms with E-state index in [9.17, 15) is 15.0 Å². The molecule has 210 valence electrons. The third-order valence-corrected chi connectivity index (χ3v) is 7.01. The molecule has 0 radical (unpaired) electrons. The molecule has 3 aromatic rings. The van der Waals surface area contributed by atoms with E-state index in [0.29, 0.717) is 22.6 Å². The molecule has 2 atom stereocenters. The summed E-state index contributed by atoms with van der Waals surface area (Å²) in [5.74, 6) is -0.120. The Bertz CT molecular complexity index is 1260. The zero-order valence-electron chi connectivity index (χ0n) is 23.4. The van der Waals surface area contributed by atoms with Crippen LogP contribution in [0.25, 0.3) is 11.1 Å². The maximum Gasteiger partial charge on any atom is 0.303 e. The molecule has 6 nitrogen and oxygen atoms in total. The van der Waals surface area contributed by atoms with Crippen LogP contribution < -0.4 is 9.47 Å². The van der Waals surface area contributed by atoms with Crippen molar-refractivity contribution in [3.05, 3.63) is 83.2 Å². The number of halogens is 1. The predicted octanol–water partition coefficient (Wildman–Crippen LogP) is 7.14. The molecule has 0 fully saturated rings. The molecule has 0 aliphatic carbocycles. The molecule has 3 rings (SSSR count). The van der Waals surface area contributed by atoms with E-state index < -0.39 is 23.3 Å². The predicted molar refractivity (Wildman–Crippen MR) is 150 cm³/mol. The minimum atomic E-state index is -0.821. The van der Waals surface area contributed by atoms with Crippen molar-refractivity contribution in [2.24, 2.45) is 5.41 Å². The zero-order valence-corrected chi connectivity index (χ0v) is 23.4. The van der Waals surface area contributed by atoms with Gasteiger partial charge in [-0.15, -0.1) is 0 Å². The minimum Gasteiger partial charge on any atom is -0.497 e. The summed E-state index contributed by atoms with van der Waals surface area (Å²) in [4.78, 5) is 11.4. The Kier molecular flexibility index (Phi) is 10.5. The number of rotatable bonds is 14. The van der Waals surface area contributed by atoms with E-state index in [2.05, 4.69) is 0 Å². The first-order chi connectivity index (χ1) is 18.6. The average Bonchev–Trinajstić information content (AvgIpc) is 2.92. The van der Waals surface area contributed by atoms with Crippen molar-refractivity contribution in [1.29, 1.82) is 0 Å². The summed E-state index contributed by atoms with van der Waals surface area (Å²) in [5.41, 5.74) is 2.87. The summed E-state index contributed by atoms with van der Waals surface area (Å²) in [5, 5.41) is 19.4. The number of carboxylic acid groups (broad SMARTS) is 1. The highest BCUT2D eigenvalue weighted by molar-refractivity contribution is 5.71. The van der Waals surface area contributed by atoms with Crippen LogP contribution >= 0.6 is 0 Å². The quantitative estimate of drug-likeness (QED) is 0.227. The van der Waals surface area contributed by atoms with Crippen molar-refractivity contribution >= 4 is 5.97 Å². The first-order valence-electron chi connectivity index (χ1n) is 13.2. The van der Waals surface area contributed by atoms with Gasteiger partial charge in [0.2, 0.25) is 0 Å². The number of carbonyl (C=O) groups is 1. The van der Waals surface area contributed by atoms with E-state index in [0.717, 1.165) is 29.5 Å². The molecular weight excluding hydrogens is 499 g/mol. The van der Waals surface area contributed by atoms with Crippen molar-refractivity contribution < 1.29 is 33.6 Å². The van der Waals surface area contributed by atoms with Crippen LogP contribution in [0.2, 0.25) is 0 Å². The normalized spacial score (nSPS) is 13.1. The molecule has 0 saturated heterocycles. The topological polar surface area (TPSA) is 85.2 Å². The summed E-state index contributed by atoms with van der Waals surface area (Å²) in [7, 11) is 3.11. The summed E-state index contributed by atoms with van der Waals surface area (Å²) in [6, 6.07) is 17.8. The van der Waals surface area contributed by atoms with Crippen LogP contribution in [0.1, 0.15) is 68.7 Å². The highest BCUT2D eigenvalue weighted by atomic mass is 19.1. The Hall–Kier alpha value is -3.42. The fourth-order valence-electron chi connectivity index (χ4n) is 4.92. The van der Waals surface area contributed by atoms with E-state index in [1.54, 1.807) is 19.2 Å². The van der Waals surface area contributed by atoms with E-state index in [1.807, 2.05) is 63.2 Å². The lowest BCUT2D eigenvalue weighted by Gasteiger charge is -2.33. The molecule has 2 N–H and O–H groups in total. The molecule has 0 spiro atoms. The van der Waals surface area contributed by atoms with E-state index >= 15 is 4.39 Å². The van der Waals surface area contributed by atoms with Crippen LogP contribution in [-0.2, 0) is 16.1 Å². The molecule has 1 unspecified atom stereocenters. The standard InChI is InChI=1S/C32H39FO6/c1-6-8-22(17-30(35)36)23-9-7-10-25(16-23)39-19-21-11-13-26(27-18-24(37-4)12-14-29(27)33)28(15-21)31(38-5)32(2,3)20-34/h7,9-16,18,22,31,34H,6,8,17,19-20H2,1-5H3,(H,35,36)/t22-,31?/m0/s1. The van der Waals surface area contributed by atoms with Gasteiger partial charge in [-0.05, 0) is 71.0 Å². The highest BCUT2D eigenvalue weighted by Gasteiger charge is 2.33. The van der Waals surface area contributed by atoms with Gasteiger partial charge in [-0.3, -0.25) is 4.79 Å². The Balaban J connectivity index is 1.97. The van der Waals surface area contributed by atoms with Crippen LogP contribution in [-0.4, -0.2) is 37.0 Å². The van der Waals surface area contributed by atoms with Crippen molar-refractivity contribution in [1.82, 2.24) is 0 Å². The number of hydrogen-bond acceptors (Lipinski definition) is 5. The summed E-state index contributed by atoms with van der Waals surface area (Å²) >= 11 is 0. The van der Waals surface area contributed by atoms with Gasteiger partial charge in [-0.25, -0.2) is 4.39 Å². The largest absolute Gasteiger partial charge is 0.497 e. The number of methoxy groups -OCH3 is 2. The van der Waals surface area contributed by atoms with Crippen LogP contribution in [0.3, 0.4) is 0 Å². The van der Waals surface area contributed by atoms with E-state index in [4.69, 9.17) is 14.2 Å². The second kappa shape index (κ2) is 13.6. The van der Waals surface area contributed by atoms with Gasteiger partial charge >= 0.3 is 5.97 Å². The molecule has 0 aliphatic rings. The van der Waals surface area contributed by atoms with Gasteiger partial charge < -0.3 is 24.4 Å². The van der Waals surface area contributed by atoms with Gasteiger partial charge in [0.25, 0.3) is 0 Å². The summed E-state index contributed by atoms with van der Waals surface area (Å²) in [6.07, 6.45) is 1.21. The van der Waals surface area contributed by atoms with Crippen LogP contribution in [0.5, 0.6) is 11.5 Å². The number of aliphatic hydroxyl groups excluding tert-OH is 1. The van der Waals surface area contributed by atoms with Crippen LogP contribution in [0.15, 0.2) is 60.7 Å². The Labute approximate surface area is 230 Å². The molecule has 0 bridgehead atoms. The minimum absolute atomic E-state index is 0.0714.